The lowest BCUT2D eigenvalue weighted by atomic mass is 10.0. The predicted molar refractivity (Wildman–Crippen MR) is 117 cm³/mol. The van der Waals surface area contributed by atoms with Gasteiger partial charge in [-0.25, -0.2) is 13.4 Å². The van der Waals surface area contributed by atoms with Gasteiger partial charge in [0.2, 0.25) is 15.9 Å². The molecule has 2 heterocycles. The van der Waals surface area contributed by atoms with Gasteiger partial charge in [0.1, 0.15) is 0 Å². The summed E-state index contributed by atoms with van der Waals surface area (Å²) < 4.78 is 26.7. The third kappa shape index (κ3) is 4.65. The molecule has 10 heteroatoms. The number of hydrogen-bond donors (Lipinski definition) is 2. The van der Waals surface area contributed by atoms with E-state index >= 15 is 0 Å². The van der Waals surface area contributed by atoms with Gasteiger partial charge in [0, 0.05) is 16.6 Å². The van der Waals surface area contributed by atoms with Crippen molar-refractivity contribution in [2.24, 2.45) is 0 Å². The molecule has 1 amide bonds. The highest BCUT2D eigenvalue weighted by molar-refractivity contribution is 7.93. The average Bonchev–Trinajstić information content (AvgIpc) is 3.52. The molecule has 1 saturated carbocycles. The number of benzene rings is 1. The molecule has 1 atom stereocenters. The number of anilines is 2. The summed E-state index contributed by atoms with van der Waals surface area (Å²) in [6.07, 6.45) is 5.22. The van der Waals surface area contributed by atoms with E-state index in [0.717, 1.165) is 11.1 Å². The molecule has 3 aromatic rings. The SMILES string of the molecule is CCC(C(=O)Nc1ccc(-c2ccnnc2)cc1)c1csc(NS(=O)(=O)C2CC2)n1. The molecule has 1 fully saturated rings. The largest absolute Gasteiger partial charge is 0.326 e. The number of nitrogens with one attached hydrogen (secondary N) is 2. The first-order valence-electron chi connectivity index (χ1n) is 9.61. The Hall–Kier alpha value is -2.85. The van der Waals surface area contributed by atoms with Crippen LogP contribution in [0.1, 0.15) is 37.8 Å². The third-order valence-corrected chi connectivity index (χ3v) is 7.60. The van der Waals surface area contributed by atoms with Crippen LogP contribution in [0.25, 0.3) is 11.1 Å². The van der Waals surface area contributed by atoms with E-state index in [1.54, 1.807) is 17.8 Å². The summed E-state index contributed by atoms with van der Waals surface area (Å²) in [6.45, 7) is 1.90. The topological polar surface area (TPSA) is 114 Å². The van der Waals surface area contributed by atoms with E-state index in [0.29, 0.717) is 35.8 Å². The molecular formula is C20H21N5O3S2. The van der Waals surface area contributed by atoms with E-state index in [4.69, 9.17) is 0 Å². The van der Waals surface area contributed by atoms with Gasteiger partial charge in [-0.2, -0.15) is 10.2 Å². The summed E-state index contributed by atoms with van der Waals surface area (Å²) in [5.74, 6) is -0.651. The zero-order chi connectivity index (χ0) is 21.1. The predicted octanol–water partition coefficient (Wildman–Crippen LogP) is 3.64. The highest BCUT2D eigenvalue weighted by atomic mass is 32.2. The number of hydrogen-bond acceptors (Lipinski definition) is 7. The number of aromatic nitrogens is 3. The fraction of sp³-hybridized carbons (Fsp3) is 0.300. The summed E-state index contributed by atoms with van der Waals surface area (Å²) in [7, 11) is -3.37. The molecule has 1 aromatic carbocycles. The van der Waals surface area contributed by atoms with Crippen LogP contribution in [0.15, 0.2) is 48.1 Å². The van der Waals surface area contributed by atoms with Crippen LogP contribution in [0.5, 0.6) is 0 Å². The lowest BCUT2D eigenvalue weighted by molar-refractivity contribution is -0.117. The Morgan fingerprint density at radius 3 is 2.57 bits per heavy atom. The molecule has 1 aliphatic carbocycles. The lowest BCUT2D eigenvalue weighted by Gasteiger charge is -2.13. The van der Waals surface area contributed by atoms with E-state index in [9.17, 15) is 13.2 Å². The number of sulfonamides is 1. The smallest absolute Gasteiger partial charge is 0.237 e. The second-order valence-electron chi connectivity index (χ2n) is 7.08. The normalized spacial score (nSPS) is 14.8. The fourth-order valence-corrected chi connectivity index (χ4v) is 5.40. The summed E-state index contributed by atoms with van der Waals surface area (Å²) >= 11 is 1.20. The van der Waals surface area contributed by atoms with Crippen molar-refractivity contribution >= 4 is 38.1 Å². The van der Waals surface area contributed by atoms with Crippen LogP contribution in [0, 0.1) is 0 Å². The Labute approximate surface area is 178 Å². The maximum Gasteiger partial charge on any atom is 0.237 e. The Kier molecular flexibility index (Phi) is 5.78. The Morgan fingerprint density at radius 1 is 1.17 bits per heavy atom. The van der Waals surface area contributed by atoms with Crippen molar-refractivity contribution in [3.8, 4) is 11.1 Å². The van der Waals surface area contributed by atoms with Crippen LogP contribution in [0.4, 0.5) is 10.8 Å². The molecule has 0 bridgehead atoms. The lowest BCUT2D eigenvalue weighted by Crippen LogP contribution is -2.21. The number of carbonyl (C=O) groups excluding carboxylic acids is 1. The van der Waals surface area contributed by atoms with Crippen LogP contribution >= 0.6 is 11.3 Å². The van der Waals surface area contributed by atoms with Crippen LogP contribution < -0.4 is 10.0 Å². The van der Waals surface area contributed by atoms with Crippen molar-refractivity contribution in [3.63, 3.8) is 0 Å². The van der Waals surface area contributed by atoms with Crippen molar-refractivity contribution in [1.29, 1.82) is 0 Å². The van der Waals surface area contributed by atoms with Gasteiger partial charge in [0.25, 0.3) is 0 Å². The van der Waals surface area contributed by atoms with Crippen molar-refractivity contribution in [3.05, 3.63) is 53.8 Å². The Morgan fingerprint density at radius 2 is 1.93 bits per heavy atom. The van der Waals surface area contributed by atoms with Crippen molar-refractivity contribution in [2.45, 2.75) is 37.4 Å². The molecule has 30 heavy (non-hydrogen) atoms. The van der Waals surface area contributed by atoms with Crippen molar-refractivity contribution in [1.82, 2.24) is 15.2 Å². The quantitative estimate of drug-likeness (QED) is 0.549. The minimum Gasteiger partial charge on any atom is -0.326 e. The van der Waals surface area contributed by atoms with Gasteiger partial charge in [0.15, 0.2) is 5.13 Å². The van der Waals surface area contributed by atoms with Crippen LogP contribution in [0.3, 0.4) is 0 Å². The van der Waals surface area contributed by atoms with E-state index in [1.807, 2.05) is 37.3 Å². The summed E-state index contributed by atoms with van der Waals surface area (Å²) in [5.41, 5.74) is 3.15. The molecule has 4 rings (SSSR count). The highest BCUT2D eigenvalue weighted by Crippen LogP contribution is 2.32. The number of carbonyl (C=O) groups is 1. The second-order valence-corrected chi connectivity index (χ2v) is 9.90. The second kappa shape index (κ2) is 8.49. The molecule has 2 N–H and O–H groups in total. The maximum atomic E-state index is 12.8. The molecule has 0 spiro atoms. The zero-order valence-electron chi connectivity index (χ0n) is 16.3. The average molecular weight is 444 g/mol. The Balaban J connectivity index is 1.43. The zero-order valence-corrected chi connectivity index (χ0v) is 17.9. The van der Waals surface area contributed by atoms with Gasteiger partial charge >= 0.3 is 0 Å². The van der Waals surface area contributed by atoms with Crippen LogP contribution in [-0.4, -0.2) is 34.8 Å². The monoisotopic (exact) mass is 443 g/mol. The maximum absolute atomic E-state index is 12.8. The van der Waals surface area contributed by atoms with E-state index < -0.39 is 15.9 Å². The molecule has 8 nitrogen and oxygen atoms in total. The van der Waals surface area contributed by atoms with E-state index in [2.05, 4.69) is 25.2 Å². The van der Waals surface area contributed by atoms with Crippen molar-refractivity contribution < 1.29 is 13.2 Å². The number of amides is 1. The molecule has 2 aromatic heterocycles. The first-order valence-corrected chi connectivity index (χ1v) is 12.0. The summed E-state index contributed by atoms with van der Waals surface area (Å²) in [4.78, 5) is 17.2. The van der Waals surface area contributed by atoms with Gasteiger partial charge < -0.3 is 5.32 Å². The fourth-order valence-electron chi connectivity index (χ4n) is 3.04. The molecule has 156 valence electrons. The van der Waals surface area contributed by atoms with Gasteiger partial charge in [-0.05, 0) is 43.0 Å². The van der Waals surface area contributed by atoms with Gasteiger partial charge in [-0.1, -0.05) is 19.1 Å². The number of nitrogens with zero attached hydrogens (tertiary/aromatic N) is 3. The third-order valence-electron chi connectivity index (χ3n) is 4.87. The van der Waals surface area contributed by atoms with Gasteiger partial charge in [-0.15, -0.1) is 11.3 Å². The van der Waals surface area contributed by atoms with Gasteiger partial charge in [0.05, 0.1) is 29.3 Å². The summed E-state index contributed by atoms with van der Waals surface area (Å²) in [6, 6.07) is 9.33. The molecule has 1 aliphatic rings. The standard InChI is InChI=1S/C20H21N5O3S2/c1-2-17(18-12-29-20(24-18)25-30(27,28)16-7-8-16)19(26)23-15-5-3-13(4-6-15)14-9-10-21-22-11-14/h3-6,9-12,16-17H,2,7-8H2,1H3,(H,23,26)(H,24,25). The molecular weight excluding hydrogens is 422 g/mol. The first-order chi connectivity index (χ1) is 14.5. The van der Waals surface area contributed by atoms with E-state index in [1.165, 1.54) is 11.3 Å². The molecule has 0 radical (unpaired) electrons. The number of thiazole rings is 1. The minimum atomic E-state index is -3.37. The highest BCUT2D eigenvalue weighted by Gasteiger charge is 2.36. The molecule has 1 unspecified atom stereocenters. The summed E-state index contributed by atoms with van der Waals surface area (Å²) in [5, 5.41) is 12.3. The Bertz CT molecular complexity index is 1130. The molecule has 0 saturated heterocycles. The molecule has 0 aliphatic heterocycles. The van der Waals surface area contributed by atoms with Gasteiger partial charge in [-0.3, -0.25) is 9.52 Å². The van der Waals surface area contributed by atoms with E-state index in [-0.39, 0.29) is 11.2 Å². The minimum absolute atomic E-state index is 0.183. The van der Waals surface area contributed by atoms with Crippen LogP contribution in [-0.2, 0) is 14.8 Å². The number of rotatable bonds is 8. The van der Waals surface area contributed by atoms with Crippen molar-refractivity contribution in [2.75, 3.05) is 10.0 Å². The van der Waals surface area contributed by atoms with Crippen LogP contribution in [0.2, 0.25) is 0 Å². The first kappa shape index (κ1) is 20.4.